The van der Waals surface area contributed by atoms with E-state index in [1.807, 2.05) is 0 Å². The Kier molecular flexibility index (Phi) is 18.9. The number of carbonyl (C=O) groups is 2. The molecule has 0 aromatic heterocycles. The summed E-state index contributed by atoms with van der Waals surface area (Å²) in [6.07, 6.45) is 18.7. The fourth-order valence-corrected chi connectivity index (χ4v) is 3.36. The zero-order valence-electron chi connectivity index (χ0n) is 18.0. The van der Waals surface area contributed by atoms with Gasteiger partial charge in [0.25, 0.3) is 0 Å². The molecule has 0 saturated heterocycles. The summed E-state index contributed by atoms with van der Waals surface area (Å²) in [6.45, 7) is 4.46. The predicted molar refractivity (Wildman–Crippen MR) is 112 cm³/mol. The monoisotopic (exact) mass is 384 g/mol. The molecule has 0 radical (unpaired) electrons. The molecule has 0 atom stereocenters. The summed E-state index contributed by atoms with van der Waals surface area (Å²) in [5.74, 6) is -0.949. The number of carboxylic acids is 1. The molecule has 0 amide bonds. The molecule has 0 spiro atoms. The molecule has 0 unspecified atom stereocenters. The van der Waals surface area contributed by atoms with E-state index < -0.39 is 5.97 Å². The summed E-state index contributed by atoms with van der Waals surface area (Å²) < 4.78 is 5.73. The van der Waals surface area contributed by atoms with Crippen LogP contribution in [-0.4, -0.2) is 23.1 Å². The van der Waals surface area contributed by atoms with Gasteiger partial charge in [0.05, 0.1) is 0 Å². The van der Waals surface area contributed by atoms with Gasteiger partial charge < -0.3 is 9.84 Å². The van der Waals surface area contributed by atoms with Crippen LogP contribution >= 0.6 is 0 Å². The van der Waals surface area contributed by atoms with Gasteiger partial charge in [0.15, 0.2) is 0 Å². The lowest BCUT2D eigenvalue weighted by Gasteiger charge is -2.18. The van der Waals surface area contributed by atoms with Crippen molar-refractivity contribution in [1.29, 1.82) is 0 Å². The third kappa shape index (κ3) is 19.5. The van der Waals surface area contributed by atoms with Crippen LogP contribution in [0.25, 0.3) is 0 Å². The summed E-state index contributed by atoms with van der Waals surface area (Å²) >= 11 is 0. The highest BCUT2D eigenvalue weighted by atomic mass is 16.5. The predicted octanol–water partition coefficient (Wildman–Crippen LogP) is 7.04. The first kappa shape index (κ1) is 25.9. The van der Waals surface area contributed by atoms with E-state index in [0.29, 0.717) is 19.3 Å². The average Bonchev–Trinajstić information content (AvgIpc) is 2.64. The maximum Gasteiger partial charge on any atom is 0.306 e. The Morgan fingerprint density at radius 3 is 1.59 bits per heavy atom. The quantitative estimate of drug-likeness (QED) is 0.180. The van der Waals surface area contributed by atoms with Gasteiger partial charge in [0.2, 0.25) is 0 Å². The first-order valence-electron chi connectivity index (χ1n) is 11.5. The van der Waals surface area contributed by atoms with Crippen LogP contribution in [0.1, 0.15) is 129 Å². The van der Waals surface area contributed by atoms with E-state index in [4.69, 9.17) is 9.84 Å². The maximum atomic E-state index is 12.1. The SMILES string of the molecule is CCCCCCCCC(CCCCCCCC)OC(=O)CCCCC(=O)O. The van der Waals surface area contributed by atoms with Crippen LogP contribution in [0.15, 0.2) is 0 Å². The Labute approximate surface area is 167 Å². The van der Waals surface area contributed by atoms with Crippen LogP contribution < -0.4 is 0 Å². The molecule has 0 aromatic rings. The number of aliphatic carboxylic acids is 1. The van der Waals surface area contributed by atoms with Crippen molar-refractivity contribution in [2.24, 2.45) is 0 Å². The van der Waals surface area contributed by atoms with Gasteiger partial charge in [-0.05, 0) is 38.5 Å². The standard InChI is InChI=1S/C23H44O4/c1-3-5-7-9-11-13-17-21(18-14-12-10-8-6-4-2)27-23(26)20-16-15-19-22(24)25/h21H,3-20H2,1-2H3,(H,24,25). The van der Waals surface area contributed by atoms with Gasteiger partial charge in [-0.3, -0.25) is 9.59 Å². The highest BCUT2D eigenvalue weighted by Gasteiger charge is 2.14. The van der Waals surface area contributed by atoms with Gasteiger partial charge in [-0.1, -0.05) is 78.1 Å². The van der Waals surface area contributed by atoms with Crippen LogP contribution in [0.3, 0.4) is 0 Å². The molecule has 0 aliphatic rings. The Bertz CT molecular complexity index is 338. The van der Waals surface area contributed by atoms with Crippen molar-refractivity contribution in [1.82, 2.24) is 0 Å². The third-order valence-corrected chi connectivity index (χ3v) is 5.08. The van der Waals surface area contributed by atoms with Crippen LogP contribution in [0.2, 0.25) is 0 Å². The van der Waals surface area contributed by atoms with Crippen molar-refractivity contribution in [3.05, 3.63) is 0 Å². The molecule has 27 heavy (non-hydrogen) atoms. The van der Waals surface area contributed by atoms with E-state index in [2.05, 4.69) is 13.8 Å². The van der Waals surface area contributed by atoms with Crippen molar-refractivity contribution in [3.8, 4) is 0 Å². The lowest BCUT2D eigenvalue weighted by molar-refractivity contribution is -0.150. The Balaban J connectivity index is 4.05. The molecule has 160 valence electrons. The largest absolute Gasteiger partial charge is 0.481 e. The minimum absolute atomic E-state index is 0.0503. The Hall–Kier alpha value is -1.06. The highest BCUT2D eigenvalue weighted by molar-refractivity contribution is 5.70. The van der Waals surface area contributed by atoms with Crippen molar-refractivity contribution >= 4 is 11.9 Å². The molecular formula is C23H44O4. The fourth-order valence-electron chi connectivity index (χ4n) is 3.36. The fraction of sp³-hybridized carbons (Fsp3) is 0.913. The maximum absolute atomic E-state index is 12.1. The zero-order valence-corrected chi connectivity index (χ0v) is 18.0. The number of carbonyl (C=O) groups excluding carboxylic acids is 1. The minimum atomic E-state index is -0.799. The molecule has 0 bridgehead atoms. The smallest absolute Gasteiger partial charge is 0.306 e. The topological polar surface area (TPSA) is 63.6 Å². The van der Waals surface area contributed by atoms with Gasteiger partial charge >= 0.3 is 11.9 Å². The van der Waals surface area contributed by atoms with Gasteiger partial charge in [-0.15, -0.1) is 0 Å². The van der Waals surface area contributed by atoms with Crippen molar-refractivity contribution in [2.45, 2.75) is 136 Å². The average molecular weight is 385 g/mol. The van der Waals surface area contributed by atoms with Crippen molar-refractivity contribution < 1.29 is 19.4 Å². The Morgan fingerprint density at radius 1 is 0.667 bits per heavy atom. The molecule has 4 heteroatoms. The summed E-state index contributed by atoms with van der Waals surface area (Å²) in [5.41, 5.74) is 0. The lowest BCUT2D eigenvalue weighted by Crippen LogP contribution is -2.18. The minimum Gasteiger partial charge on any atom is -0.481 e. The second-order valence-corrected chi connectivity index (χ2v) is 7.83. The third-order valence-electron chi connectivity index (χ3n) is 5.08. The van der Waals surface area contributed by atoms with E-state index in [1.54, 1.807) is 0 Å². The molecule has 0 aliphatic heterocycles. The van der Waals surface area contributed by atoms with Gasteiger partial charge in [-0.25, -0.2) is 0 Å². The van der Waals surface area contributed by atoms with Crippen LogP contribution in [0.5, 0.6) is 0 Å². The van der Waals surface area contributed by atoms with Crippen LogP contribution in [-0.2, 0) is 14.3 Å². The van der Waals surface area contributed by atoms with Crippen molar-refractivity contribution in [3.63, 3.8) is 0 Å². The number of unbranched alkanes of at least 4 members (excludes halogenated alkanes) is 11. The molecule has 0 rings (SSSR count). The van der Waals surface area contributed by atoms with E-state index >= 15 is 0 Å². The highest BCUT2D eigenvalue weighted by Crippen LogP contribution is 2.18. The summed E-state index contributed by atoms with van der Waals surface area (Å²) in [7, 11) is 0. The molecular weight excluding hydrogens is 340 g/mol. The van der Waals surface area contributed by atoms with Crippen molar-refractivity contribution in [2.75, 3.05) is 0 Å². The number of esters is 1. The van der Waals surface area contributed by atoms with Crippen LogP contribution in [0, 0.1) is 0 Å². The van der Waals surface area contributed by atoms with E-state index in [0.717, 1.165) is 25.7 Å². The first-order valence-corrected chi connectivity index (χ1v) is 11.5. The Morgan fingerprint density at radius 2 is 1.11 bits per heavy atom. The molecule has 1 N–H and O–H groups in total. The summed E-state index contributed by atoms with van der Waals surface area (Å²) in [6, 6.07) is 0. The molecule has 0 aromatic carbocycles. The van der Waals surface area contributed by atoms with E-state index in [-0.39, 0.29) is 18.5 Å². The van der Waals surface area contributed by atoms with Gasteiger partial charge in [-0.2, -0.15) is 0 Å². The number of ether oxygens (including phenoxy) is 1. The number of hydrogen-bond acceptors (Lipinski definition) is 3. The first-order chi connectivity index (χ1) is 13.1. The lowest BCUT2D eigenvalue weighted by atomic mass is 10.0. The zero-order chi connectivity index (χ0) is 20.2. The van der Waals surface area contributed by atoms with Crippen LogP contribution in [0.4, 0.5) is 0 Å². The number of carboxylic acid groups (broad SMARTS) is 1. The number of hydrogen-bond donors (Lipinski definition) is 1. The second-order valence-electron chi connectivity index (χ2n) is 7.83. The van der Waals surface area contributed by atoms with E-state index in [9.17, 15) is 9.59 Å². The molecule has 0 saturated carbocycles. The number of rotatable bonds is 20. The van der Waals surface area contributed by atoms with E-state index in [1.165, 1.54) is 64.2 Å². The molecule has 0 aliphatic carbocycles. The summed E-state index contributed by atoms with van der Waals surface area (Å²) in [4.78, 5) is 22.6. The molecule has 0 fully saturated rings. The second kappa shape index (κ2) is 19.7. The normalized spacial score (nSPS) is 11.1. The molecule has 0 heterocycles. The van der Waals surface area contributed by atoms with Gasteiger partial charge in [0.1, 0.15) is 6.10 Å². The molecule has 4 nitrogen and oxygen atoms in total. The van der Waals surface area contributed by atoms with Gasteiger partial charge in [0, 0.05) is 12.8 Å². The summed E-state index contributed by atoms with van der Waals surface area (Å²) in [5, 5.41) is 8.66.